The quantitative estimate of drug-likeness (QED) is 0.626. The highest BCUT2D eigenvalue weighted by Gasteiger charge is 2.34. The van der Waals surface area contributed by atoms with Gasteiger partial charge in [-0.25, -0.2) is 9.78 Å². The second kappa shape index (κ2) is 6.72. The number of amides is 1. The number of ether oxygens (including phenoxy) is 1. The highest BCUT2D eigenvalue weighted by molar-refractivity contribution is 7.15. The van der Waals surface area contributed by atoms with Crippen molar-refractivity contribution >= 4 is 45.9 Å². The van der Waals surface area contributed by atoms with Crippen LogP contribution < -0.4 is 0 Å². The Hall–Kier alpha value is -1.86. The number of hydrogen-bond donors (Lipinski definition) is 0. The molecule has 8 heteroatoms. The fourth-order valence-corrected chi connectivity index (χ4v) is 3.69. The van der Waals surface area contributed by atoms with Gasteiger partial charge in [0.25, 0.3) is 0 Å². The third-order valence-electron chi connectivity index (χ3n) is 3.73. The van der Waals surface area contributed by atoms with Crippen molar-refractivity contribution in [3.05, 3.63) is 28.5 Å². The van der Waals surface area contributed by atoms with Gasteiger partial charge in [-0.3, -0.25) is 9.20 Å². The summed E-state index contributed by atoms with van der Waals surface area (Å²) < 4.78 is 6.86. The van der Waals surface area contributed by atoms with E-state index in [2.05, 4.69) is 4.98 Å². The van der Waals surface area contributed by atoms with Crippen LogP contribution in [0.2, 0.25) is 5.15 Å². The lowest BCUT2D eigenvalue weighted by Gasteiger charge is -2.21. The van der Waals surface area contributed by atoms with Crippen molar-refractivity contribution in [2.75, 3.05) is 13.2 Å². The number of aromatic nitrogens is 2. The Morgan fingerprint density at radius 2 is 2.39 bits per heavy atom. The minimum absolute atomic E-state index is 0.221. The first-order valence-corrected chi connectivity index (χ1v) is 8.64. The number of halogens is 1. The monoisotopic (exact) mass is 353 g/mol. The van der Waals surface area contributed by atoms with E-state index < -0.39 is 6.04 Å². The second-order valence-electron chi connectivity index (χ2n) is 5.12. The van der Waals surface area contributed by atoms with E-state index in [-0.39, 0.29) is 11.9 Å². The van der Waals surface area contributed by atoms with E-state index in [1.54, 1.807) is 17.9 Å². The lowest BCUT2D eigenvalue weighted by Crippen LogP contribution is -2.40. The van der Waals surface area contributed by atoms with Crippen molar-refractivity contribution in [1.82, 2.24) is 14.3 Å². The molecule has 1 unspecified atom stereocenters. The summed E-state index contributed by atoms with van der Waals surface area (Å²) in [4.78, 5) is 30.9. The minimum Gasteiger partial charge on any atom is -0.464 e. The number of thiazole rings is 1. The van der Waals surface area contributed by atoms with E-state index >= 15 is 0 Å². The average molecular weight is 354 g/mol. The first-order valence-electron chi connectivity index (χ1n) is 7.38. The van der Waals surface area contributed by atoms with Crippen molar-refractivity contribution in [3.8, 4) is 0 Å². The van der Waals surface area contributed by atoms with Gasteiger partial charge in [0.2, 0.25) is 5.91 Å². The number of likely N-dealkylation sites (tertiary alicyclic amines) is 1. The Morgan fingerprint density at radius 1 is 1.57 bits per heavy atom. The van der Waals surface area contributed by atoms with Gasteiger partial charge in [-0.1, -0.05) is 11.6 Å². The van der Waals surface area contributed by atoms with Crippen LogP contribution in [0, 0.1) is 0 Å². The molecule has 1 amide bonds. The maximum absolute atomic E-state index is 12.4. The summed E-state index contributed by atoms with van der Waals surface area (Å²) >= 11 is 7.57. The molecule has 0 bridgehead atoms. The molecule has 3 rings (SSSR count). The molecule has 1 fully saturated rings. The molecular weight excluding hydrogens is 338 g/mol. The predicted molar refractivity (Wildman–Crippen MR) is 88.5 cm³/mol. The largest absolute Gasteiger partial charge is 0.464 e. The topological polar surface area (TPSA) is 63.9 Å². The van der Waals surface area contributed by atoms with Crippen molar-refractivity contribution in [2.24, 2.45) is 0 Å². The maximum Gasteiger partial charge on any atom is 0.328 e. The van der Waals surface area contributed by atoms with Crippen LogP contribution in [-0.4, -0.2) is 45.4 Å². The van der Waals surface area contributed by atoms with E-state index in [1.807, 2.05) is 16.0 Å². The molecule has 0 aliphatic carbocycles. The van der Waals surface area contributed by atoms with E-state index in [9.17, 15) is 9.59 Å². The van der Waals surface area contributed by atoms with Gasteiger partial charge in [0, 0.05) is 24.2 Å². The number of hydrogen-bond acceptors (Lipinski definition) is 5. The summed E-state index contributed by atoms with van der Waals surface area (Å²) in [6, 6.07) is -0.492. The summed E-state index contributed by atoms with van der Waals surface area (Å²) in [5.74, 6) is -0.559. The van der Waals surface area contributed by atoms with Crippen LogP contribution in [-0.2, 0) is 14.3 Å². The van der Waals surface area contributed by atoms with E-state index in [0.717, 1.165) is 11.4 Å². The number of rotatable bonds is 4. The zero-order valence-corrected chi connectivity index (χ0v) is 14.1. The molecule has 1 aliphatic rings. The molecule has 0 saturated carbocycles. The first-order chi connectivity index (χ1) is 11.1. The smallest absolute Gasteiger partial charge is 0.328 e. The van der Waals surface area contributed by atoms with Gasteiger partial charge < -0.3 is 9.64 Å². The third-order valence-corrected chi connectivity index (χ3v) is 4.77. The van der Waals surface area contributed by atoms with Crippen LogP contribution in [0.1, 0.15) is 25.5 Å². The summed E-state index contributed by atoms with van der Waals surface area (Å²) in [7, 11) is 0. The van der Waals surface area contributed by atoms with Crippen LogP contribution >= 0.6 is 22.9 Å². The lowest BCUT2D eigenvalue weighted by molar-refractivity contribution is -0.151. The molecule has 23 heavy (non-hydrogen) atoms. The van der Waals surface area contributed by atoms with Crippen LogP contribution in [0.3, 0.4) is 0 Å². The Kier molecular flexibility index (Phi) is 4.68. The van der Waals surface area contributed by atoms with Gasteiger partial charge in [0.1, 0.15) is 6.04 Å². The van der Waals surface area contributed by atoms with Gasteiger partial charge >= 0.3 is 5.97 Å². The Labute approximate surface area is 142 Å². The van der Waals surface area contributed by atoms with Gasteiger partial charge in [0.05, 0.1) is 12.3 Å². The predicted octanol–water partition coefficient (Wildman–Crippen LogP) is 2.62. The molecule has 0 aromatic carbocycles. The fourth-order valence-electron chi connectivity index (χ4n) is 2.69. The molecule has 0 radical (unpaired) electrons. The molecule has 2 aromatic rings. The van der Waals surface area contributed by atoms with E-state index in [1.165, 1.54) is 17.4 Å². The highest BCUT2D eigenvalue weighted by Crippen LogP contribution is 2.23. The van der Waals surface area contributed by atoms with Crippen molar-refractivity contribution in [2.45, 2.75) is 25.8 Å². The lowest BCUT2D eigenvalue weighted by atomic mass is 10.2. The maximum atomic E-state index is 12.4. The zero-order chi connectivity index (χ0) is 16.4. The first kappa shape index (κ1) is 16.0. The van der Waals surface area contributed by atoms with E-state index in [4.69, 9.17) is 16.3 Å². The number of imidazole rings is 1. The molecular formula is C15H16ClN3O3S. The summed E-state index contributed by atoms with van der Waals surface area (Å²) in [6.45, 7) is 2.63. The van der Waals surface area contributed by atoms with Gasteiger partial charge in [-0.2, -0.15) is 0 Å². The van der Waals surface area contributed by atoms with Crippen LogP contribution in [0.25, 0.3) is 11.0 Å². The standard InChI is InChI=1S/C15H16ClN3O3S/c1-2-22-14(21)11-4-3-7-18(11)12(20)6-5-10-13(16)17-15-19(10)8-9-23-15/h5-6,8-9,11H,2-4,7H2,1H3. The molecule has 6 nitrogen and oxygen atoms in total. The number of carbonyl (C=O) groups excluding carboxylic acids is 2. The van der Waals surface area contributed by atoms with Crippen LogP contribution in [0.4, 0.5) is 0 Å². The van der Waals surface area contributed by atoms with Gasteiger partial charge in [-0.05, 0) is 25.8 Å². The number of fused-ring (bicyclic) bond motifs is 1. The number of nitrogens with zero attached hydrogens (tertiary/aromatic N) is 3. The molecule has 122 valence electrons. The molecule has 0 N–H and O–H groups in total. The Morgan fingerprint density at radius 3 is 3.17 bits per heavy atom. The second-order valence-corrected chi connectivity index (χ2v) is 6.35. The fraction of sp³-hybridized carbons (Fsp3) is 0.400. The average Bonchev–Trinajstić information content (AvgIpc) is 3.21. The third kappa shape index (κ3) is 3.11. The summed E-state index contributed by atoms with van der Waals surface area (Å²) in [5, 5.41) is 2.25. The van der Waals surface area contributed by atoms with Gasteiger partial charge in [0.15, 0.2) is 10.1 Å². The SMILES string of the molecule is CCOC(=O)C1CCCN1C(=O)C=Cc1c(Cl)nc2sccn12. The number of carbonyl (C=O) groups is 2. The molecule has 2 aromatic heterocycles. The molecule has 1 aliphatic heterocycles. The Balaban J connectivity index is 1.77. The van der Waals surface area contributed by atoms with Crippen LogP contribution in [0.5, 0.6) is 0 Å². The highest BCUT2D eigenvalue weighted by atomic mass is 35.5. The molecule has 0 spiro atoms. The van der Waals surface area contributed by atoms with Crippen molar-refractivity contribution in [3.63, 3.8) is 0 Å². The molecule has 3 heterocycles. The van der Waals surface area contributed by atoms with Crippen molar-refractivity contribution in [1.29, 1.82) is 0 Å². The van der Waals surface area contributed by atoms with Gasteiger partial charge in [-0.15, -0.1) is 11.3 Å². The normalized spacial score (nSPS) is 18.2. The van der Waals surface area contributed by atoms with E-state index in [0.29, 0.717) is 30.4 Å². The minimum atomic E-state index is -0.492. The van der Waals surface area contributed by atoms with Crippen molar-refractivity contribution < 1.29 is 14.3 Å². The molecule has 1 atom stereocenters. The number of esters is 1. The molecule has 1 saturated heterocycles. The summed E-state index contributed by atoms with van der Waals surface area (Å²) in [5.41, 5.74) is 0.656. The Bertz CT molecular complexity index is 767. The zero-order valence-electron chi connectivity index (χ0n) is 12.6. The summed E-state index contributed by atoms with van der Waals surface area (Å²) in [6.07, 6.45) is 6.36. The van der Waals surface area contributed by atoms with Crippen LogP contribution in [0.15, 0.2) is 17.7 Å².